The van der Waals surface area contributed by atoms with Crippen LogP contribution in [0.2, 0.25) is 0 Å². The molecule has 4 rings (SSSR count). The highest BCUT2D eigenvalue weighted by atomic mass is 19.1. The van der Waals surface area contributed by atoms with E-state index in [1.807, 2.05) is 0 Å². The van der Waals surface area contributed by atoms with E-state index in [4.69, 9.17) is 10.5 Å². The van der Waals surface area contributed by atoms with Gasteiger partial charge in [0, 0.05) is 5.56 Å². The van der Waals surface area contributed by atoms with Crippen LogP contribution in [0.15, 0.2) is 30.6 Å². The average Bonchev–Trinajstić information content (AvgIpc) is 3.25. The topological polar surface area (TPSA) is 146 Å². The maximum Gasteiger partial charge on any atom is 0.251 e. The molecule has 6 N–H and O–H groups in total. The number of amides is 1. The summed E-state index contributed by atoms with van der Waals surface area (Å²) in [6.07, 6.45) is -1.58. The summed E-state index contributed by atoms with van der Waals surface area (Å²) in [5.41, 5.74) is 6.60. The monoisotopic (exact) mass is 390 g/mol. The third-order valence-electron chi connectivity index (χ3n) is 4.82. The Hall–Kier alpha value is -3.02. The Kier molecular flexibility index (Phi) is 4.71. The first-order valence-corrected chi connectivity index (χ1v) is 8.61. The van der Waals surface area contributed by atoms with Gasteiger partial charge in [-0.25, -0.2) is 14.4 Å². The van der Waals surface area contributed by atoms with Crippen molar-refractivity contribution < 1.29 is 24.1 Å². The van der Waals surface area contributed by atoms with Gasteiger partial charge in [0.2, 0.25) is 0 Å². The summed E-state index contributed by atoms with van der Waals surface area (Å²) >= 11 is 0. The number of aliphatic hydroxyl groups is 2. The number of benzene rings is 1. The van der Waals surface area contributed by atoms with E-state index in [1.54, 1.807) is 4.90 Å². The van der Waals surface area contributed by atoms with E-state index in [0.717, 1.165) is 0 Å². The van der Waals surface area contributed by atoms with Gasteiger partial charge in [0.15, 0.2) is 17.9 Å². The first kappa shape index (κ1) is 18.3. The minimum atomic E-state index is -1.16. The molecule has 3 heterocycles. The van der Waals surface area contributed by atoms with E-state index in [0.29, 0.717) is 11.5 Å². The second-order valence-corrected chi connectivity index (χ2v) is 6.51. The number of carbonyl (C=O) groups excluding carboxylic acids is 1. The van der Waals surface area contributed by atoms with Gasteiger partial charge < -0.3 is 36.2 Å². The number of aromatic nitrogens is 2. The molecule has 1 aromatic heterocycles. The minimum absolute atomic E-state index is 0.228. The molecule has 11 heteroatoms. The van der Waals surface area contributed by atoms with Crippen molar-refractivity contribution in [3.63, 3.8) is 0 Å². The quantitative estimate of drug-likeness (QED) is 0.456. The van der Waals surface area contributed by atoms with Gasteiger partial charge in [-0.3, -0.25) is 4.79 Å². The fourth-order valence-corrected chi connectivity index (χ4v) is 3.38. The van der Waals surface area contributed by atoms with Crippen LogP contribution in [-0.4, -0.2) is 63.8 Å². The van der Waals surface area contributed by atoms with E-state index >= 15 is 0 Å². The van der Waals surface area contributed by atoms with Gasteiger partial charge >= 0.3 is 0 Å². The number of anilines is 3. The number of hydrogen-bond acceptors (Lipinski definition) is 9. The fraction of sp³-hybridized carbons (Fsp3) is 0.353. The van der Waals surface area contributed by atoms with Crippen molar-refractivity contribution >= 4 is 23.2 Å². The zero-order chi connectivity index (χ0) is 19.8. The van der Waals surface area contributed by atoms with Gasteiger partial charge in [-0.15, -0.1) is 0 Å². The SMILES string of the molecule is Nc1ncnc2c1NCN2[C@@H]1O[C@H](CO)C(O)C1NC(=O)c1ccc(F)cc1. The number of nitrogens with zero attached hydrogens (tertiary/aromatic N) is 3. The van der Waals surface area contributed by atoms with Crippen molar-refractivity contribution in [2.75, 3.05) is 29.2 Å². The van der Waals surface area contributed by atoms with Gasteiger partial charge in [0.1, 0.15) is 36.1 Å². The number of nitrogens with one attached hydrogen (secondary N) is 2. The van der Waals surface area contributed by atoms with Gasteiger partial charge in [0.05, 0.1) is 13.3 Å². The molecular formula is C17H19FN6O4. The number of rotatable bonds is 4. The van der Waals surface area contributed by atoms with E-state index in [2.05, 4.69) is 20.6 Å². The summed E-state index contributed by atoms with van der Waals surface area (Å²) in [5, 5.41) is 25.8. The molecule has 1 aromatic carbocycles. The molecule has 28 heavy (non-hydrogen) atoms. The Morgan fingerprint density at radius 2 is 2.14 bits per heavy atom. The van der Waals surface area contributed by atoms with Crippen molar-refractivity contribution in [3.8, 4) is 0 Å². The molecule has 0 spiro atoms. The van der Waals surface area contributed by atoms with Crippen molar-refractivity contribution in [1.29, 1.82) is 0 Å². The van der Waals surface area contributed by atoms with Crippen molar-refractivity contribution in [1.82, 2.24) is 15.3 Å². The molecule has 1 amide bonds. The zero-order valence-electron chi connectivity index (χ0n) is 14.6. The number of hydrogen-bond donors (Lipinski definition) is 5. The van der Waals surface area contributed by atoms with Crippen LogP contribution in [0.1, 0.15) is 10.4 Å². The molecular weight excluding hydrogens is 371 g/mol. The number of aliphatic hydroxyl groups excluding tert-OH is 2. The lowest BCUT2D eigenvalue weighted by molar-refractivity contribution is -0.0218. The van der Waals surface area contributed by atoms with E-state index in [1.165, 1.54) is 30.6 Å². The molecule has 0 saturated carbocycles. The lowest BCUT2D eigenvalue weighted by atomic mass is 10.1. The highest BCUT2D eigenvalue weighted by Gasteiger charge is 2.48. The summed E-state index contributed by atoms with van der Waals surface area (Å²) in [5.74, 6) is -0.247. The number of nitrogens with two attached hydrogens (primary N) is 1. The number of fused-ring (bicyclic) bond motifs is 1. The number of carbonyl (C=O) groups is 1. The van der Waals surface area contributed by atoms with Crippen LogP contribution in [-0.2, 0) is 4.74 Å². The molecule has 2 aromatic rings. The molecule has 0 radical (unpaired) electrons. The first-order valence-electron chi connectivity index (χ1n) is 8.61. The zero-order valence-corrected chi connectivity index (χ0v) is 14.6. The van der Waals surface area contributed by atoms with Gasteiger partial charge in [0.25, 0.3) is 5.91 Å². The van der Waals surface area contributed by atoms with Crippen LogP contribution in [0.4, 0.5) is 21.7 Å². The van der Waals surface area contributed by atoms with Crippen molar-refractivity contribution in [2.45, 2.75) is 24.5 Å². The molecule has 2 aliphatic rings. The average molecular weight is 390 g/mol. The Labute approximate surface area is 159 Å². The van der Waals surface area contributed by atoms with Crippen LogP contribution >= 0.6 is 0 Å². The Bertz CT molecular complexity index is 882. The van der Waals surface area contributed by atoms with Gasteiger partial charge in [-0.1, -0.05) is 0 Å². The lowest BCUT2D eigenvalue weighted by Gasteiger charge is -2.29. The van der Waals surface area contributed by atoms with Crippen LogP contribution in [0.5, 0.6) is 0 Å². The predicted octanol–water partition coefficient (Wildman–Crippen LogP) is -0.736. The molecule has 2 aliphatic heterocycles. The lowest BCUT2D eigenvalue weighted by Crippen LogP contribution is -2.53. The smallest absolute Gasteiger partial charge is 0.251 e. The highest BCUT2D eigenvalue weighted by molar-refractivity contribution is 5.94. The third kappa shape index (κ3) is 3.09. The predicted molar refractivity (Wildman–Crippen MR) is 96.8 cm³/mol. The molecule has 10 nitrogen and oxygen atoms in total. The van der Waals surface area contributed by atoms with Gasteiger partial charge in [-0.05, 0) is 24.3 Å². The normalized spacial score (nSPS) is 26.0. The highest BCUT2D eigenvalue weighted by Crippen LogP contribution is 2.37. The summed E-state index contributed by atoms with van der Waals surface area (Å²) in [7, 11) is 0. The Morgan fingerprint density at radius 1 is 1.39 bits per heavy atom. The second kappa shape index (κ2) is 7.19. The summed E-state index contributed by atoms with van der Waals surface area (Å²) < 4.78 is 18.9. The third-order valence-corrected chi connectivity index (χ3v) is 4.82. The fourth-order valence-electron chi connectivity index (χ4n) is 3.38. The number of halogens is 1. The van der Waals surface area contributed by atoms with Gasteiger partial charge in [-0.2, -0.15) is 0 Å². The number of nitrogen functional groups attached to an aromatic ring is 1. The van der Waals surface area contributed by atoms with E-state index in [9.17, 15) is 19.4 Å². The van der Waals surface area contributed by atoms with Crippen molar-refractivity contribution in [2.24, 2.45) is 0 Å². The van der Waals surface area contributed by atoms with Crippen LogP contribution in [0, 0.1) is 5.82 Å². The molecule has 4 atom stereocenters. The summed E-state index contributed by atoms with van der Waals surface area (Å²) in [6, 6.07) is 4.15. The summed E-state index contributed by atoms with van der Waals surface area (Å²) in [6.45, 7) is -0.169. The minimum Gasteiger partial charge on any atom is -0.394 e. The molecule has 1 fully saturated rings. The van der Waals surface area contributed by atoms with E-state index in [-0.39, 0.29) is 18.1 Å². The second-order valence-electron chi connectivity index (χ2n) is 6.51. The molecule has 0 bridgehead atoms. The van der Waals surface area contributed by atoms with Crippen LogP contribution < -0.4 is 21.3 Å². The molecule has 1 saturated heterocycles. The number of ether oxygens (including phenoxy) is 1. The Balaban J connectivity index is 1.60. The molecule has 0 aliphatic carbocycles. The molecule has 148 valence electrons. The standard InChI is InChI=1S/C17H19FN6O4/c18-9-3-1-8(2-4-9)16(27)23-11-13(26)10(5-25)28-17(11)24-7-22-12-14(19)20-6-21-15(12)24/h1-4,6,10-11,13,17,22,25-26H,5,7H2,(H,23,27)(H2,19,20,21)/t10-,11?,13?,17-/m1/s1. The van der Waals surface area contributed by atoms with Crippen LogP contribution in [0.3, 0.4) is 0 Å². The summed E-state index contributed by atoms with van der Waals surface area (Å²) in [4.78, 5) is 22.4. The first-order chi connectivity index (χ1) is 13.5. The maximum atomic E-state index is 13.1. The van der Waals surface area contributed by atoms with Crippen LogP contribution in [0.25, 0.3) is 0 Å². The molecule has 2 unspecified atom stereocenters. The van der Waals surface area contributed by atoms with Crippen molar-refractivity contribution in [3.05, 3.63) is 42.0 Å². The largest absolute Gasteiger partial charge is 0.394 e. The van der Waals surface area contributed by atoms with E-state index < -0.39 is 42.8 Å². The Morgan fingerprint density at radius 3 is 2.86 bits per heavy atom. The maximum absolute atomic E-state index is 13.1.